The molecule has 2 heterocycles. The van der Waals surface area contributed by atoms with Crippen molar-refractivity contribution in [2.24, 2.45) is 0 Å². The highest BCUT2D eigenvalue weighted by molar-refractivity contribution is 7.99. The van der Waals surface area contributed by atoms with Gasteiger partial charge in [0.15, 0.2) is 10.3 Å². The van der Waals surface area contributed by atoms with Crippen LogP contribution in [0.3, 0.4) is 0 Å². The summed E-state index contributed by atoms with van der Waals surface area (Å²) >= 11 is 2.71. The van der Waals surface area contributed by atoms with Crippen molar-refractivity contribution in [2.75, 3.05) is 11.1 Å². The lowest BCUT2D eigenvalue weighted by atomic mass is 10.2. The van der Waals surface area contributed by atoms with Gasteiger partial charge in [0, 0.05) is 6.04 Å². The van der Waals surface area contributed by atoms with Crippen LogP contribution in [0.4, 0.5) is 5.13 Å². The Balaban J connectivity index is 1.54. The van der Waals surface area contributed by atoms with Crippen molar-refractivity contribution >= 4 is 55.3 Å². The molecule has 0 radical (unpaired) electrons. The van der Waals surface area contributed by atoms with Gasteiger partial charge in [-0.25, -0.2) is 9.97 Å². The van der Waals surface area contributed by atoms with Crippen LogP contribution < -0.4 is 10.9 Å². The number of aryl methyl sites for hydroxylation is 1. The minimum atomic E-state index is -0.177. The maximum Gasteiger partial charge on any atom is 0.262 e. The molecule has 1 amide bonds. The Kier molecular flexibility index (Phi) is 5.38. The average molecular weight is 425 g/mol. The SMILES string of the molecule is Cc1ccc2nc(NC(=O)CSc3nc4ccccc4c(=O)n3C(C)C)sc2c1. The normalized spacial score (nSPS) is 11.4. The first-order valence-corrected chi connectivity index (χ1v) is 11.0. The number of thiazole rings is 1. The molecule has 4 rings (SSSR count). The molecule has 0 saturated carbocycles. The Bertz CT molecular complexity index is 1280. The largest absolute Gasteiger partial charge is 0.301 e. The quantitative estimate of drug-likeness (QED) is 0.373. The number of nitrogens with zero attached hydrogens (tertiary/aromatic N) is 3. The molecule has 0 spiro atoms. The molecule has 0 aliphatic rings. The minimum Gasteiger partial charge on any atom is -0.301 e. The van der Waals surface area contributed by atoms with Gasteiger partial charge in [-0.05, 0) is 50.6 Å². The van der Waals surface area contributed by atoms with Crippen LogP contribution in [0.25, 0.3) is 21.1 Å². The Morgan fingerprint density at radius 3 is 2.76 bits per heavy atom. The second kappa shape index (κ2) is 7.96. The Morgan fingerprint density at radius 1 is 1.17 bits per heavy atom. The van der Waals surface area contributed by atoms with E-state index in [9.17, 15) is 9.59 Å². The van der Waals surface area contributed by atoms with Crippen LogP contribution in [0.1, 0.15) is 25.5 Å². The van der Waals surface area contributed by atoms with E-state index in [1.165, 1.54) is 23.1 Å². The first kappa shape index (κ1) is 19.6. The lowest BCUT2D eigenvalue weighted by Crippen LogP contribution is -2.25. The van der Waals surface area contributed by atoms with Crippen LogP contribution in [-0.2, 0) is 4.79 Å². The van der Waals surface area contributed by atoms with E-state index in [2.05, 4.69) is 21.4 Å². The Hall–Kier alpha value is -2.71. The van der Waals surface area contributed by atoms with Crippen molar-refractivity contribution in [3.8, 4) is 0 Å². The first-order valence-electron chi connectivity index (χ1n) is 9.23. The smallest absolute Gasteiger partial charge is 0.262 e. The van der Waals surface area contributed by atoms with Gasteiger partial charge in [0.25, 0.3) is 5.56 Å². The predicted molar refractivity (Wildman–Crippen MR) is 120 cm³/mol. The fourth-order valence-corrected chi connectivity index (χ4v) is 4.96. The van der Waals surface area contributed by atoms with Crippen molar-refractivity contribution in [3.63, 3.8) is 0 Å². The summed E-state index contributed by atoms with van der Waals surface area (Å²) in [5, 5.41) is 4.55. The second-order valence-corrected chi connectivity index (χ2v) is 8.98. The molecule has 0 bridgehead atoms. The summed E-state index contributed by atoms with van der Waals surface area (Å²) in [6.07, 6.45) is 0. The summed E-state index contributed by atoms with van der Waals surface area (Å²) in [5.74, 6) is -0.0320. The van der Waals surface area contributed by atoms with E-state index < -0.39 is 0 Å². The van der Waals surface area contributed by atoms with Crippen molar-refractivity contribution in [3.05, 3.63) is 58.4 Å². The molecular weight excluding hydrogens is 404 g/mol. The van der Waals surface area contributed by atoms with Gasteiger partial charge in [-0.2, -0.15) is 0 Å². The molecule has 6 nitrogen and oxygen atoms in total. The molecule has 4 aromatic rings. The number of benzene rings is 2. The molecule has 0 aliphatic heterocycles. The number of carbonyl (C=O) groups excluding carboxylic acids is 1. The van der Waals surface area contributed by atoms with Gasteiger partial charge < -0.3 is 5.32 Å². The maximum atomic E-state index is 12.9. The molecule has 148 valence electrons. The molecule has 8 heteroatoms. The molecule has 0 atom stereocenters. The molecule has 0 saturated heterocycles. The number of fused-ring (bicyclic) bond motifs is 2. The van der Waals surface area contributed by atoms with Crippen LogP contribution in [-0.4, -0.2) is 26.2 Å². The zero-order valence-corrected chi connectivity index (χ0v) is 17.9. The summed E-state index contributed by atoms with van der Waals surface area (Å²) in [6, 6.07) is 13.2. The summed E-state index contributed by atoms with van der Waals surface area (Å²) in [7, 11) is 0. The molecule has 2 aromatic heterocycles. The number of thioether (sulfide) groups is 1. The minimum absolute atomic E-state index is 0.0577. The fourth-order valence-electron chi connectivity index (χ4n) is 3.05. The molecule has 29 heavy (non-hydrogen) atoms. The van der Waals surface area contributed by atoms with Crippen LogP contribution in [0, 0.1) is 6.92 Å². The zero-order chi connectivity index (χ0) is 20.5. The third kappa shape index (κ3) is 4.04. The van der Waals surface area contributed by atoms with Gasteiger partial charge in [-0.3, -0.25) is 14.2 Å². The number of nitrogens with one attached hydrogen (secondary N) is 1. The van der Waals surface area contributed by atoms with E-state index in [-0.39, 0.29) is 23.3 Å². The molecule has 1 N–H and O–H groups in total. The van der Waals surface area contributed by atoms with Gasteiger partial charge in [-0.1, -0.05) is 41.3 Å². The van der Waals surface area contributed by atoms with Gasteiger partial charge in [0.2, 0.25) is 5.91 Å². The number of para-hydroxylation sites is 1. The summed E-state index contributed by atoms with van der Waals surface area (Å²) in [4.78, 5) is 34.4. The monoisotopic (exact) mass is 424 g/mol. The number of hydrogen-bond acceptors (Lipinski definition) is 6. The van der Waals surface area contributed by atoms with Crippen molar-refractivity contribution in [1.29, 1.82) is 0 Å². The third-order valence-corrected chi connectivity index (χ3v) is 6.30. The highest BCUT2D eigenvalue weighted by Gasteiger charge is 2.16. The van der Waals surface area contributed by atoms with Crippen molar-refractivity contribution in [1.82, 2.24) is 14.5 Å². The standard InChI is InChI=1S/C21H20N4O2S2/c1-12(2)25-19(27)14-6-4-5-7-15(14)23-21(25)28-11-18(26)24-20-22-16-9-8-13(3)10-17(16)29-20/h4-10,12H,11H2,1-3H3,(H,22,24,26). The van der Waals surface area contributed by atoms with Gasteiger partial charge >= 0.3 is 0 Å². The van der Waals surface area contributed by atoms with Crippen LogP contribution in [0.2, 0.25) is 0 Å². The highest BCUT2D eigenvalue weighted by Crippen LogP contribution is 2.27. The Labute approximate surface area is 176 Å². The van der Waals surface area contributed by atoms with Gasteiger partial charge in [0.1, 0.15) is 0 Å². The lowest BCUT2D eigenvalue weighted by molar-refractivity contribution is -0.113. The molecule has 0 unspecified atom stereocenters. The van der Waals surface area contributed by atoms with E-state index in [1.807, 2.05) is 51.1 Å². The highest BCUT2D eigenvalue weighted by atomic mass is 32.2. The topological polar surface area (TPSA) is 76.9 Å². The maximum absolute atomic E-state index is 12.9. The number of hydrogen-bond donors (Lipinski definition) is 1. The van der Waals surface area contributed by atoms with Crippen molar-refractivity contribution < 1.29 is 4.79 Å². The Morgan fingerprint density at radius 2 is 1.97 bits per heavy atom. The summed E-state index contributed by atoms with van der Waals surface area (Å²) < 4.78 is 2.68. The molecular formula is C21H20N4O2S2. The van der Waals surface area contributed by atoms with Crippen LogP contribution in [0.5, 0.6) is 0 Å². The van der Waals surface area contributed by atoms with E-state index in [4.69, 9.17) is 0 Å². The van der Waals surface area contributed by atoms with E-state index in [0.29, 0.717) is 21.2 Å². The van der Waals surface area contributed by atoms with Crippen molar-refractivity contribution in [2.45, 2.75) is 32.0 Å². The number of amides is 1. The predicted octanol–water partition coefficient (Wildman–Crippen LogP) is 4.63. The van der Waals surface area contributed by atoms with Gasteiger partial charge in [-0.15, -0.1) is 0 Å². The number of aromatic nitrogens is 3. The second-order valence-electron chi connectivity index (χ2n) is 7.01. The number of rotatable bonds is 5. The zero-order valence-electron chi connectivity index (χ0n) is 16.3. The molecule has 2 aromatic carbocycles. The summed E-state index contributed by atoms with van der Waals surface area (Å²) in [5.41, 5.74) is 2.57. The number of anilines is 1. The lowest BCUT2D eigenvalue weighted by Gasteiger charge is -2.15. The van der Waals surface area contributed by atoms with E-state index >= 15 is 0 Å². The van der Waals surface area contributed by atoms with Gasteiger partial charge in [0.05, 0.1) is 26.9 Å². The third-order valence-electron chi connectivity index (χ3n) is 4.41. The average Bonchev–Trinajstić information content (AvgIpc) is 3.07. The first-order chi connectivity index (χ1) is 13.9. The van der Waals surface area contributed by atoms with Crippen LogP contribution >= 0.6 is 23.1 Å². The van der Waals surface area contributed by atoms with E-state index in [1.54, 1.807) is 10.6 Å². The number of carbonyl (C=O) groups is 1. The fraction of sp³-hybridized carbons (Fsp3) is 0.238. The van der Waals surface area contributed by atoms with E-state index in [0.717, 1.165) is 15.8 Å². The molecule has 0 aliphatic carbocycles. The molecule has 0 fully saturated rings. The van der Waals surface area contributed by atoms with Crippen LogP contribution in [0.15, 0.2) is 52.4 Å². The summed E-state index contributed by atoms with van der Waals surface area (Å²) in [6.45, 7) is 5.90.